The topological polar surface area (TPSA) is 467 Å². The minimum Gasteiger partial charge on any atom is -0.508 e. The number of unbranched alkanes of at least 4 members (excludes halogenated alkanes) is 1. The number of anilines is 1. The van der Waals surface area contributed by atoms with E-state index in [-0.39, 0.29) is 131 Å². The first-order valence-corrected chi connectivity index (χ1v) is 37.2. The molecule has 6 amide bonds. The number of rotatable bonds is 49. The molecule has 3 aliphatic heterocycles. The summed E-state index contributed by atoms with van der Waals surface area (Å²) in [5, 5.41) is 79.0. The van der Waals surface area contributed by atoms with E-state index >= 15 is 0 Å². The number of carboxylic acids is 1. The van der Waals surface area contributed by atoms with Gasteiger partial charge in [0.1, 0.15) is 78.3 Å². The number of carbonyl (C=O) groups is 8. The minimum absolute atomic E-state index is 0.0112. The zero-order chi connectivity index (χ0) is 80.9. The zero-order valence-corrected chi connectivity index (χ0v) is 64.2. The number of nitrogens with zero attached hydrogens (tertiary/aromatic N) is 3. The molecule has 0 radical (unpaired) electrons. The Labute approximate surface area is 643 Å². The molecule has 7 rings (SSSR count). The van der Waals surface area contributed by atoms with Crippen molar-refractivity contribution in [3.63, 3.8) is 0 Å². The number of nitrogens with one attached hydrogen (secondary N) is 5. The molecular formula is C76H108N8O27. The third-order valence-corrected chi connectivity index (χ3v) is 18.6. The molecule has 0 saturated carbocycles. The number of methoxy groups -OCH3 is 1. The third-order valence-electron chi connectivity index (χ3n) is 18.6. The Kier molecular flexibility index (Phi) is 35.8. The number of aliphatic hydroxyl groups excluding tert-OH is 3. The van der Waals surface area contributed by atoms with Crippen LogP contribution in [0.4, 0.5) is 10.5 Å². The van der Waals surface area contributed by atoms with Gasteiger partial charge in [0.15, 0.2) is 6.10 Å². The Bertz CT molecular complexity index is 3870. The summed E-state index contributed by atoms with van der Waals surface area (Å²) in [6.45, 7) is 19.9. The summed E-state index contributed by atoms with van der Waals surface area (Å²) >= 11 is 0. The Morgan fingerprint density at radius 3 is 1.94 bits per heavy atom. The number of hydrogen-bond donors (Lipinski definition) is 11. The number of ether oxygens (including phenoxy) is 12. The molecule has 0 unspecified atom stereocenters. The lowest BCUT2D eigenvalue weighted by atomic mass is 9.84. The number of carbonyl (C=O) groups excluding carboxylic acids is 7. The summed E-state index contributed by atoms with van der Waals surface area (Å²) in [6, 6.07) is 6.10. The van der Waals surface area contributed by atoms with Gasteiger partial charge in [0.2, 0.25) is 35.8 Å². The Hall–Kier alpha value is -8.82. The van der Waals surface area contributed by atoms with Crippen LogP contribution in [0.15, 0.2) is 59.6 Å². The number of hydrogen-bond acceptors (Lipinski definition) is 27. The van der Waals surface area contributed by atoms with Crippen LogP contribution in [-0.2, 0) is 118 Å². The highest BCUT2D eigenvalue weighted by molar-refractivity contribution is 5.99. The monoisotopic (exact) mass is 1560 g/mol. The summed E-state index contributed by atoms with van der Waals surface area (Å²) in [7, 11) is 1.61. The predicted octanol–water partition coefficient (Wildman–Crippen LogP) is 2.47. The SMILES string of the molecule is C=C1OCc2c(cc3n(c2=O)Cc2cc4c(CN(C(=O)OCc5ccc(NC(=O)[C@H](C)NC(=O)[C@@H](NC(=O)[C@H](CCCCNC(=O)CCC(C)=O)NC(=O)CCOCCOCCOCCOCCOCCOCCOCCOC)C(C)C)c(O[C@@H]6O[C@H](C(=O)O)[C@@H](O)[C@H](O)[C@H]6O)c5)C(C)C)c(O)ccc4nc2-3)[C@@]1(O)CC. The van der Waals surface area contributed by atoms with Crippen LogP contribution in [-0.4, -0.2) is 260 Å². The lowest BCUT2D eigenvalue weighted by molar-refractivity contribution is -0.271. The van der Waals surface area contributed by atoms with Crippen molar-refractivity contribution in [3.8, 4) is 22.9 Å². The largest absolute Gasteiger partial charge is 0.508 e. The van der Waals surface area contributed by atoms with E-state index in [4.69, 9.17) is 61.8 Å². The number of Topliss-reactive ketones (excluding diaryl/α,β-unsaturated/α-hetero) is 1. The van der Waals surface area contributed by atoms with Crippen LogP contribution in [0.1, 0.15) is 121 Å². The zero-order valence-electron chi connectivity index (χ0n) is 64.2. The highest BCUT2D eigenvalue weighted by atomic mass is 16.7. The normalized spacial score (nSPS) is 18.6. The van der Waals surface area contributed by atoms with Gasteiger partial charge in [-0.05, 0) is 101 Å². The summed E-state index contributed by atoms with van der Waals surface area (Å²) in [5.41, 5.74) is 1.03. The van der Waals surface area contributed by atoms with E-state index in [1.807, 2.05) is 0 Å². The first-order chi connectivity index (χ1) is 53.1. The smallest absolute Gasteiger partial charge is 0.410 e. The van der Waals surface area contributed by atoms with E-state index in [1.54, 1.807) is 64.5 Å². The number of phenols is 1. The van der Waals surface area contributed by atoms with Crippen molar-refractivity contribution in [3.05, 3.63) is 93.0 Å². The number of benzene rings is 2. The molecule has 35 heteroatoms. The molecule has 2 aromatic heterocycles. The third kappa shape index (κ3) is 25.9. The molecule has 1 fully saturated rings. The van der Waals surface area contributed by atoms with Crippen LogP contribution >= 0.6 is 0 Å². The maximum absolute atomic E-state index is 14.3. The van der Waals surface area contributed by atoms with Crippen LogP contribution in [0, 0.1) is 5.92 Å². The van der Waals surface area contributed by atoms with Crippen molar-refractivity contribution < 1.29 is 126 Å². The highest BCUT2D eigenvalue weighted by Gasteiger charge is 2.49. The molecule has 5 heterocycles. The predicted molar refractivity (Wildman–Crippen MR) is 397 cm³/mol. The van der Waals surface area contributed by atoms with Gasteiger partial charge in [0.05, 0.1) is 140 Å². The molecule has 4 aromatic rings. The van der Waals surface area contributed by atoms with Crippen LogP contribution in [0.3, 0.4) is 0 Å². The fourth-order valence-corrected chi connectivity index (χ4v) is 12.1. The lowest BCUT2D eigenvalue weighted by Crippen LogP contribution is -2.61. The number of phenolic OH excluding ortho intramolecular Hbond substituents is 1. The van der Waals surface area contributed by atoms with Crippen molar-refractivity contribution in [2.24, 2.45) is 5.92 Å². The van der Waals surface area contributed by atoms with E-state index in [0.29, 0.717) is 130 Å². The van der Waals surface area contributed by atoms with E-state index in [9.17, 15) is 73.8 Å². The summed E-state index contributed by atoms with van der Waals surface area (Å²) in [6.07, 6.45) is -10.4. The van der Waals surface area contributed by atoms with Crippen LogP contribution < -0.4 is 36.9 Å². The van der Waals surface area contributed by atoms with Crippen molar-refractivity contribution in [1.82, 2.24) is 35.7 Å². The number of amides is 6. The van der Waals surface area contributed by atoms with Gasteiger partial charge in [-0.1, -0.05) is 33.4 Å². The number of aromatic nitrogens is 2. The number of carboxylic acid groups (broad SMARTS) is 1. The average molecular weight is 1570 g/mol. The van der Waals surface area contributed by atoms with E-state index in [1.165, 1.54) is 43.0 Å². The van der Waals surface area contributed by atoms with Crippen molar-refractivity contribution in [2.45, 2.75) is 180 Å². The van der Waals surface area contributed by atoms with Crippen LogP contribution in [0.2, 0.25) is 0 Å². The van der Waals surface area contributed by atoms with E-state index in [2.05, 4.69) is 33.2 Å². The Balaban J connectivity index is 0.950. The van der Waals surface area contributed by atoms with E-state index < -0.39 is 109 Å². The number of fused-ring (bicyclic) bond motifs is 5. The maximum atomic E-state index is 14.3. The molecule has 9 atom stereocenters. The molecule has 0 aliphatic carbocycles. The second kappa shape index (κ2) is 44.4. The Morgan fingerprint density at radius 1 is 0.730 bits per heavy atom. The van der Waals surface area contributed by atoms with Gasteiger partial charge in [-0.2, -0.15) is 0 Å². The molecule has 1 saturated heterocycles. The highest BCUT2D eigenvalue weighted by Crippen LogP contribution is 2.43. The van der Waals surface area contributed by atoms with Gasteiger partial charge in [0.25, 0.3) is 5.56 Å². The molecule has 0 spiro atoms. The van der Waals surface area contributed by atoms with E-state index in [0.717, 1.165) is 0 Å². The van der Waals surface area contributed by atoms with Gasteiger partial charge in [-0.25, -0.2) is 14.6 Å². The molecule has 111 heavy (non-hydrogen) atoms. The van der Waals surface area contributed by atoms with Crippen LogP contribution in [0.5, 0.6) is 11.5 Å². The second-order valence-corrected chi connectivity index (χ2v) is 27.5. The van der Waals surface area contributed by atoms with Gasteiger partial charge >= 0.3 is 12.1 Å². The molecular weight excluding hydrogens is 1460 g/mol. The number of aliphatic carboxylic acids is 1. The molecule has 2 aromatic carbocycles. The first kappa shape index (κ1) is 89.4. The van der Waals surface area contributed by atoms with Gasteiger partial charge < -0.3 is 128 Å². The quantitative estimate of drug-likeness (QED) is 0.0249. The minimum atomic E-state index is -2.11. The molecule has 3 aliphatic rings. The number of aromatic hydroxyl groups is 1. The molecule has 0 bridgehead atoms. The van der Waals surface area contributed by atoms with Gasteiger partial charge in [0, 0.05) is 61.0 Å². The molecule has 11 N–H and O–H groups in total. The standard InChI is InChI=1S/C76H108N8O27/c1-10-76(99)48(8)108-43-53-54(76)39-58-64-50(40-84(58)72(53)95)38-51-52(59(86)18-17-55(51)80-64)41-83(45(4)5)75(98)109-42-49-15-16-56(60(37-49)110-74-67(91)65(89)66(90)68(111-74)73(96)97)81-69(92)47(7)78-71(94)63(44(2)3)82-70(93)57(13-11-12-21-77-61(87)19-14-46(6)85)79-62(88)20-22-101-25-26-103-29-30-105-33-34-107-36-35-106-32-31-104-28-27-102-24-23-100-9/h15-18,37-39,44-45,47,57,63,65-68,74,86,89-91,99H,8,10-14,19-36,40-43H2,1-7,9H3,(H,77,87)(H,78,94)(H,79,88)(H,81,92)(H,82,93)(H,96,97)/t47-,57-,63-,65-,66-,67+,68-,74+,76+/m0/s1. The second-order valence-electron chi connectivity index (χ2n) is 27.5. The summed E-state index contributed by atoms with van der Waals surface area (Å²) in [5.74, 6) is -6.17. The fraction of sp³-hybridized carbons (Fsp3) is 0.605. The van der Waals surface area contributed by atoms with Crippen molar-refractivity contribution >= 4 is 64.0 Å². The maximum Gasteiger partial charge on any atom is 0.410 e. The van der Waals surface area contributed by atoms with Crippen molar-refractivity contribution in [1.29, 1.82) is 0 Å². The molecule has 614 valence electrons. The van der Waals surface area contributed by atoms with Crippen molar-refractivity contribution in [2.75, 3.05) is 118 Å². The average Bonchev–Trinajstić information content (AvgIpc) is 1.20. The molecule has 35 nitrogen and oxygen atoms in total. The lowest BCUT2D eigenvalue weighted by Gasteiger charge is -2.38. The number of aliphatic hydroxyl groups is 4. The first-order valence-electron chi connectivity index (χ1n) is 37.2. The summed E-state index contributed by atoms with van der Waals surface area (Å²) in [4.78, 5) is 126. The van der Waals surface area contributed by atoms with Gasteiger partial charge in [-0.3, -0.25) is 28.8 Å². The Morgan fingerprint density at radius 2 is 1.35 bits per heavy atom. The summed E-state index contributed by atoms with van der Waals surface area (Å²) < 4.78 is 67.8. The van der Waals surface area contributed by atoms with Crippen LogP contribution in [0.25, 0.3) is 22.3 Å². The number of pyridine rings is 2. The fourth-order valence-electron chi connectivity index (χ4n) is 12.1. The van der Waals surface area contributed by atoms with Gasteiger partial charge in [-0.15, -0.1) is 0 Å². The number of ketones is 1.